The quantitative estimate of drug-likeness (QED) is 0.288. The lowest BCUT2D eigenvalue weighted by molar-refractivity contribution is -0.142. The number of carbonyl (C=O) groups is 6. The third kappa shape index (κ3) is 16.3. The maximum absolute atomic E-state index is 13.0. The zero-order valence-corrected chi connectivity index (χ0v) is 26.8. The first-order valence-electron chi connectivity index (χ1n) is 14.3. The molecule has 1 fully saturated rings. The van der Waals surface area contributed by atoms with Crippen molar-refractivity contribution in [1.29, 1.82) is 0 Å². The Bertz CT molecular complexity index is 921. The minimum Gasteiger partial charge on any atom is -0.376 e. The van der Waals surface area contributed by atoms with Gasteiger partial charge in [0, 0.05) is 52.4 Å². The van der Waals surface area contributed by atoms with Crippen LogP contribution < -0.4 is 5.32 Å². The molecule has 13 nitrogen and oxygen atoms in total. The Morgan fingerprint density at radius 1 is 0.476 bits per heavy atom. The smallest absolute Gasteiger partial charge is 0.376 e. The fourth-order valence-electron chi connectivity index (χ4n) is 3.81. The summed E-state index contributed by atoms with van der Waals surface area (Å²) >= 11 is 0. The SMILES string of the molecule is CC(C)(C)CC(=O)OC(=O)N1CCNCCN(C(=O)OC(=O)CC(C)(C)C)CCN(C(=O)OC(=O)CC(C)(C)C)CC1. The summed E-state index contributed by atoms with van der Waals surface area (Å²) in [7, 11) is 0. The van der Waals surface area contributed by atoms with E-state index < -0.39 is 41.6 Å². The Hall–Kier alpha value is -3.22. The molecule has 42 heavy (non-hydrogen) atoms. The van der Waals surface area contributed by atoms with Crippen molar-refractivity contribution in [3.63, 3.8) is 0 Å². The van der Waals surface area contributed by atoms with E-state index in [2.05, 4.69) is 5.32 Å². The second-order valence-electron chi connectivity index (χ2n) is 14.1. The van der Waals surface area contributed by atoms with Crippen LogP contribution in [0.1, 0.15) is 81.6 Å². The van der Waals surface area contributed by atoms with Crippen molar-refractivity contribution in [3.05, 3.63) is 0 Å². The van der Waals surface area contributed by atoms with E-state index in [9.17, 15) is 28.8 Å². The molecule has 0 radical (unpaired) electrons. The van der Waals surface area contributed by atoms with E-state index in [4.69, 9.17) is 14.2 Å². The van der Waals surface area contributed by atoms with E-state index in [0.717, 1.165) is 0 Å². The molecule has 0 spiro atoms. The van der Waals surface area contributed by atoms with Crippen molar-refractivity contribution in [1.82, 2.24) is 20.0 Å². The molecular weight excluding hydrogens is 548 g/mol. The standard InChI is InChI=1S/C29H50N4O9/c1-27(2,3)18-21(34)40-24(37)31-12-10-30-11-13-32(25(38)41-22(35)19-28(4,5)6)15-17-33(16-14-31)26(39)42-23(36)20-29(7,8)9/h30H,10-20H2,1-9H3. The number of nitrogens with zero attached hydrogens (tertiary/aromatic N) is 3. The summed E-state index contributed by atoms with van der Waals surface area (Å²) in [5, 5.41) is 3.12. The van der Waals surface area contributed by atoms with E-state index in [0.29, 0.717) is 13.1 Å². The van der Waals surface area contributed by atoms with Crippen LogP contribution in [0.4, 0.5) is 14.4 Å². The van der Waals surface area contributed by atoms with Gasteiger partial charge in [-0.25, -0.2) is 14.4 Å². The van der Waals surface area contributed by atoms with Crippen LogP contribution in [0.5, 0.6) is 0 Å². The lowest BCUT2D eigenvalue weighted by atomic mass is 9.92. The number of amides is 3. The Balaban J connectivity index is 3.07. The lowest BCUT2D eigenvalue weighted by Crippen LogP contribution is -2.49. The van der Waals surface area contributed by atoms with Crippen LogP contribution in [0.3, 0.4) is 0 Å². The zero-order valence-electron chi connectivity index (χ0n) is 26.8. The average molecular weight is 599 g/mol. The van der Waals surface area contributed by atoms with Crippen LogP contribution >= 0.6 is 0 Å². The molecule has 1 heterocycles. The van der Waals surface area contributed by atoms with Gasteiger partial charge in [-0.1, -0.05) is 62.3 Å². The van der Waals surface area contributed by atoms with Crippen molar-refractivity contribution in [2.45, 2.75) is 81.6 Å². The normalized spacial score (nSPS) is 16.1. The predicted octanol–water partition coefficient (Wildman–Crippen LogP) is 3.79. The molecule has 0 aromatic heterocycles. The monoisotopic (exact) mass is 598 g/mol. The lowest BCUT2D eigenvalue weighted by Gasteiger charge is -2.30. The number of hydrogen-bond acceptors (Lipinski definition) is 10. The molecule has 0 aromatic carbocycles. The Labute approximate surface area is 249 Å². The van der Waals surface area contributed by atoms with Gasteiger partial charge in [0.05, 0.1) is 19.3 Å². The number of carbonyl (C=O) groups excluding carboxylic acids is 6. The second kappa shape index (κ2) is 15.9. The molecule has 13 heteroatoms. The van der Waals surface area contributed by atoms with Crippen molar-refractivity contribution in [2.75, 3.05) is 52.4 Å². The summed E-state index contributed by atoms with van der Waals surface area (Å²) in [4.78, 5) is 79.4. The molecule has 1 aliphatic heterocycles. The van der Waals surface area contributed by atoms with Crippen LogP contribution in [-0.4, -0.2) is 103 Å². The third-order valence-corrected chi connectivity index (χ3v) is 5.80. The van der Waals surface area contributed by atoms with E-state index in [1.165, 1.54) is 14.7 Å². The Kier molecular flexibility index (Phi) is 13.9. The fraction of sp³-hybridized carbons (Fsp3) is 0.793. The number of rotatable bonds is 3. The summed E-state index contributed by atoms with van der Waals surface area (Å²) in [6.07, 6.45) is -2.53. The average Bonchev–Trinajstić information content (AvgIpc) is 2.75. The highest BCUT2D eigenvalue weighted by atomic mass is 16.6. The minimum absolute atomic E-state index is 0.000921. The summed E-state index contributed by atoms with van der Waals surface area (Å²) in [5.74, 6) is -2.03. The van der Waals surface area contributed by atoms with Gasteiger partial charge in [-0.05, 0) is 16.2 Å². The highest BCUT2D eigenvalue weighted by molar-refractivity contribution is 5.86. The topological polar surface area (TPSA) is 152 Å². The molecule has 1 saturated heterocycles. The summed E-state index contributed by atoms with van der Waals surface area (Å²) in [6.45, 7) is 17.3. The van der Waals surface area contributed by atoms with Crippen LogP contribution in [0.2, 0.25) is 0 Å². The van der Waals surface area contributed by atoms with Gasteiger partial charge in [0.25, 0.3) is 0 Å². The fourth-order valence-corrected chi connectivity index (χ4v) is 3.81. The third-order valence-electron chi connectivity index (χ3n) is 5.80. The van der Waals surface area contributed by atoms with E-state index in [1.807, 2.05) is 62.3 Å². The van der Waals surface area contributed by atoms with E-state index in [1.54, 1.807) is 0 Å². The molecule has 3 amide bonds. The Morgan fingerprint density at radius 2 is 0.714 bits per heavy atom. The molecule has 1 rings (SSSR count). The first kappa shape index (κ1) is 36.8. The highest BCUT2D eigenvalue weighted by Crippen LogP contribution is 2.21. The zero-order chi connectivity index (χ0) is 32.3. The summed E-state index contributed by atoms with van der Waals surface area (Å²) in [6, 6.07) is 0. The van der Waals surface area contributed by atoms with Gasteiger partial charge in [-0.15, -0.1) is 0 Å². The largest absolute Gasteiger partial charge is 0.417 e. The van der Waals surface area contributed by atoms with Crippen LogP contribution in [0, 0.1) is 16.2 Å². The highest BCUT2D eigenvalue weighted by Gasteiger charge is 2.29. The maximum atomic E-state index is 13.0. The molecule has 0 saturated carbocycles. The molecule has 0 aliphatic carbocycles. The van der Waals surface area contributed by atoms with E-state index >= 15 is 0 Å². The number of hydrogen-bond donors (Lipinski definition) is 1. The number of ether oxygens (including phenoxy) is 3. The van der Waals surface area contributed by atoms with Gasteiger partial charge in [0.15, 0.2) is 0 Å². The summed E-state index contributed by atoms with van der Waals surface area (Å²) in [5.41, 5.74) is -1.15. The molecule has 1 aliphatic rings. The number of nitrogens with one attached hydrogen (secondary N) is 1. The minimum atomic E-state index is -0.936. The van der Waals surface area contributed by atoms with Gasteiger partial charge in [0.2, 0.25) is 0 Å². The van der Waals surface area contributed by atoms with Gasteiger partial charge in [0.1, 0.15) is 0 Å². The maximum Gasteiger partial charge on any atom is 0.417 e. The van der Waals surface area contributed by atoms with Crippen molar-refractivity contribution >= 4 is 36.2 Å². The van der Waals surface area contributed by atoms with Crippen LogP contribution in [0.15, 0.2) is 0 Å². The van der Waals surface area contributed by atoms with Crippen molar-refractivity contribution in [2.24, 2.45) is 16.2 Å². The molecule has 0 atom stereocenters. The van der Waals surface area contributed by atoms with Gasteiger partial charge >= 0.3 is 36.2 Å². The molecule has 240 valence electrons. The molecule has 0 unspecified atom stereocenters. The first-order chi connectivity index (χ1) is 19.1. The molecule has 0 bridgehead atoms. The first-order valence-corrected chi connectivity index (χ1v) is 14.3. The Morgan fingerprint density at radius 3 is 0.952 bits per heavy atom. The van der Waals surface area contributed by atoms with Gasteiger partial charge < -0.3 is 34.2 Å². The van der Waals surface area contributed by atoms with Crippen LogP contribution in [-0.2, 0) is 28.6 Å². The van der Waals surface area contributed by atoms with Gasteiger partial charge in [-0.2, -0.15) is 0 Å². The summed E-state index contributed by atoms with van der Waals surface area (Å²) < 4.78 is 15.2. The second-order valence-corrected chi connectivity index (χ2v) is 14.1. The van der Waals surface area contributed by atoms with E-state index in [-0.39, 0.29) is 69.4 Å². The molecule has 1 N–H and O–H groups in total. The van der Waals surface area contributed by atoms with Crippen LogP contribution in [0.25, 0.3) is 0 Å². The molecular formula is C29H50N4O9. The van der Waals surface area contributed by atoms with Gasteiger partial charge in [-0.3, -0.25) is 14.4 Å². The number of esters is 3. The van der Waals surface area contributed by atoms with Crippen molar-refractivity contribution < 1.29 is 43.0 Å². The predicted molar refractivity (Wildman–Crippen MR) is 154 cm³/mol. The van der Waals surface area contributed by atoms with Crippen molar-refractivity contribution in [3.8, 4) is 0 Å². The molecule has 0 aromatic rings.